The number of aromatic nitrogens is 3. The van der Waals surface area contributed by atoms with E-state index in [1.54, 1.807) is 9.25 Å². The summed E-state index contributed by atoms with van der Waals surface area (Å²) in [4.78, 5) is 17.8. The third kappa shape index (κ3) is 3.47. The van der Waals surface area contributed by atoms with Crippen LogP contribution in [0.5, 0.6) is 0 Å². The van der Waals surface area contributed by atoms with Crippen LogP contribution >= 0.6 is 28.3 Å². The molecule has 2 N–H and O–H groups in total. The Morgan fingerprint density at radius 3 is 2.73 bits per heavy atom. The molecule has 0 saturated carbocycles. The lowest BCUT2D eigenvalue weighted by atomic mass is 10.1. The van der Waals surface area contributed by atoms with Gasteiger partial charge in [0, 0.05) is 23.1 Å². The van der Waals surface area contributed by atoms with Gasteiger partial charge in [-0.3, -0.25) is 0 Å². The molecule has 0 saturated heterocycles. The topological polar surface area (TPSA) is 77.8 Å². The molecule has 0 unspecified atom stereocenters. The van der Waals surface area contributed by atoms with Crippen molar-refractivity contribution in [3.05, 3.63) is 56.9 Å². The standard InChI is InChI=1S/C21H22BrN5O.ClH.H2O/c1-24(2)10-4-11-26-21(28)27-18-13-15(22)7-8-17(18)25-12-9-14-5-3-6-16(19(14)25)20(27)23-26;;/h3,5-8,13H,4,9-12H2,1-2H3;1H;1H2. The lowest BCUT2D eigenvalue weighted by molar-refractivity contribution is 0.378. The first-order chi connectivity index (χ1) is 13.5. The number of aryl methyl sites for hydroxylation is 1. The van der Waals surface area contributed by atoms with Gasteiger partial charge in [0.2, 0.25) is 0 Å². The van der Waals surface area contributed by atoms with Crippen LogP contribution in [0.4, 0.5) is 11.4 Å². The zero-order valence-electron chi connectivity index (χ0n) is 16.9. The van der Waals surface area contributed by atoms with Crippen molar-refractivity contribution in [2.45, 2.75) is 19.4 Å². The molecule has 0 atom stereocenters. The summed E-state index contributed by atoms with van der Waals surface area (Å²) in [5.74, 6) is 0.732. The predicted octanol–water partition coefficient (Wildman–Crippen LogP) is 3.02. The molecule has 2 aromatic carbocycles. The Hall–Kier alpha value is -2.13. The molecule has 0 radical (unpaired) electrons. The highest BCUT2D eigenvalue weighted by atomic mass is 79.9. The van der Waals surface area contributed by atoms with Crippen molar-refractivity contribution in [3.8, 4) is 17.1 Å². The number of anilines is 2. The number of rotatable bonds is 4. The van der Waals surface area contributed by atoms with Crippen molar-refractivity contribution in [2.75, 3.05) is 32.1 Å². The second kappa shape index (κ2) is 8.55. The number of fused-ring (bicyclic) bond motifs is 5. The molecule has 30 heavy (non-hydrogen) atoms. The molecule has 2 aliphatic rings. The first-order valence-corrected chi connectivity index (χ1v) is 10.4. The second-order valence-corrected chi connectivity index (χ2v) is 8.59. The normalized spacial score (nSPS) is 13.1. The minimum absolute atomic E-state index is 0. The van der Waals surface area contributed by atoms with Gasteiger partial charge < -0.3 is 15.3 Å². The quantitative estimate of drug-likeness (QED) is 0.559. The Morgan fingerprint density at radius 1 is 1.17 bits per heavy atom. The summed E-state index contributed by atoms with van der Waals surface area (Å²) in [6, 6.07) is 12.5. The zero-order chi connectivity index (χ0) is 19.4. The molecule has 2 aliphatic heterocycles. The van der Waals surface area contributed by atoms with E-state index in [0.717, 1.165) is 53.2 Å². The van der Waals surface area contributed by atoms with E-state index in [1.807, 2.05) is 26.2 Å². The fourth-order valence-electron chi connectivity index (χ4n) is 4.26. The Morgan fingerprint density at radius 2 is 1.97 bits per heavy atom. The Bertz CT molecular complexity index is 1140. The minimum Gasteiger partial charge on any atom is -0.412 e. The number of nitrogens with zero attached hydrogens (tertiary/aromatic N) is 5. The van der Waals surface area contributed by atoms with Crippen LogP contribution in [0.15, 0.2) is 45.7 Å². The van der Waals surface area contributed by atoms with Crippen LogP contribution in [-0.4, -0.2) is 51.9 Å². The van der Waals surface area contributed by atoms with Gasteiger partial charge in [0.15, 0.2) is 5.82 Å². The average molecular weight is 495 g/mol. The number of halogens is 2. The Labute approximate surface area is 189 Å². The molecule has 7 nitrogen and oxygen atoms in total. The first-order valence-electron chi connectivity index (χ1n) is 9.59. The lowest BCUT2D eigenvalue weighted by Gasteiger charge is -2.21. The van der Waals surface area contributed by atoms with Gasteiger partial charge in [-0.2, -0.15) is 0 Å². The van der Waals surface area contributed by atoms with Crippen molar-refractivity contribution in [1.29, 1.82) is 0 Å². The minimum atomic E-state index is -0.0770. The number of para-hydroxylation sites is 1. The van der Waals surface area contributed by atoms with Crippen LogP contribution in [0.3, 0.4) is 0 Å². The fourth-order valence-corrected chi connectivity index (χ4v) is 4.61. The van der Waals surface area contributed by atoms with E-state index in [4.69, 9.17) is 5.10 Å². The van der Waals surface area contributed by atoms with Gasteiger partial charge in [0.25, 0.3) is 0 Å². The smallest absolute Gasteiger partial charge is 0.350 e. The van der Waals surface area contributed by atoms with Crippen LogP contribution in [0.2, 0.25) is 0 Å². The monoisotopic (exact) mass is 493 g/mol. The van der Waals surface area contributed by atoms with Gasteiger partial charge in [-0.1, -0.05) is 28.1 Å². The van der Waals surface area contributed by atoms with Crippen LogP contribution in [0.1, 0.15) is 12.0 Å². The van der Waals surface area contributed by atoms with Gasteiger partial charge in [-0.15, -0.1) is 17.5 Å². The number of hydrogen-bond donors (Lipinski definition) is 0. The summed E-state index contributed by atoms with van der Waals surface area (Å²) in [7, 11) is 4.08. The van der Waals surface area contributed by atoms with Crippen molar-refractivity contribution in [2.24, 2.45) is 0 Å². The highest BCUT2D eigenvalue weighted by Crippen LogP contribution is 2.46. The van der Waals surface area contributed by atoms with E-state index < -0.39 is 0 Å². The van der Waals surface area contributed by atoms with Crippen LogP contribution in [-0.2, 0) is 13.0 Å². The van der Waals surface area contributed by atoms with E-state index in [9.17, 15) is 4.79 Å². The molecule has 160 valence electrons. The summed E-state index contributed by atoms with van der Waals surface area (Å²) in [5.41, 5.74) is 5.41. The summed E-state index contributed by atoms with van der Waals surface area (Å²) in [6.45, 7) is 2.45. The number of benzene rings is 2. The second-order valence-electron chi connectivity index (χ2n) is 7.67. The van der Waals surface area contributed by atoms with Gasteiger partial charge in [-0.05, 0) is 63.3 Å². The maximum Gasteiger partial charge on any atom is 0.350 e. The van der Waals surface area contributed by atoms with Crippen molar-refractivity contribution in [1.82, 2.24) is 19.2 Å². The third-order valence-electron chi connectivity index (χ3n) is 5.52. The molecule has 5 rings (SSSR count). The predicted molar refractivity (Wildman–Crippen MR) is 126 cm³/mol. The maximum atomic E-state index is 13.4. The van der Waals surface area contributed by atoms with E-state index in [2.05, 4.69) is 50.0 Å². The molecule has 0 aliphatic carbocycles. The average Bonchev–Trinajstić information content (AvgIpc) is 3.20. The first kappa shape index (κ1) is 22.6. The molecular formula is C21H25BrClN5O2. The van der Waals surface area contributed by atoms with Crippen LogP contribution in [0.25, 0.3) is 17.1 Å². The summed E-state index contributed by atoms with van der Waals surface area (Å²) < 4.78 is 4.35. The van der Waals surface area contributed by atoms with Gasteiger partial charge in [-0.25, -0.2) is 14.0 Å². The molecule has 3 heterocycles. The van der Waals surface area contributed by atoms with E-state index in [0.29, 0.717) is 6.54 Å². The molecule has 1 aromatic heterocycles. The molecule has 9 heteroatoms. The summed E-state index contributed by atoms with van der Waals surface area (Å²) in [6.07, 6.45) is 1.89. The summed E-state index contributed by atoms with van der Waals surface area (Å²) >= 11 is 3.58. The van der Waals surface area contributed by atoms with Gasteiger partial charge in [0.05, 0.1) is 17.1 Å². The molecule has 0 amide bonds. The fraction of sp³-hybridized carbons (Fsp3) is 0.333. The van der Waals surface area contributed by atoms with Crippen molar-refractivity contribution in [3.63, 3.8) is 0 Å². The molecular weight excluding hydrogens is 470 g/mol. The Balaban J connectivity index is 0.00000128. The van der Waals surface area contributed by atoms with Crippen molar-refractivity contribution >= 4 is 39.7 Å². The van der Waals surface area contributed by atoms with E-state index >= 15 is 0 Å². The highest BCUT2D eigenvalue weighted by molar-refractivity contribution is 9.10. The highest BCUT2D eigenvalue weighted by Gasteiger charge is 2.33. The van der Waals surface area contributed by atoms with Gasteiger partial charge in [0.1, 0.15) is 0 Å². The van der Waals surface area contributed by atoms with Crippen LogP contribution < -0.4 is 10.6 Å². The number of hydrogen-bond acceptors (Lipinski definition) is 4. The Kier molecular flexibility index (Phi) is 6.43. The molecule has 0 bridgehead atoms. The van der Waals surface area contributed by atoms with Crippen LogP contribution in [0, 0.1) is 0 Å². The van der Waals surface area contributed by atoms with Gasteiger partial charge >= 0.3 is 5.69 Å². The SMILES string of the molecule is CN(C)CCCn1nc2n(c1=O)-c1cc(Br)ccc1N1CCc3cccc-2c31.Cl.O. The zero-order valence-corrected chi connectivity index (χ0v) is 19.3. The van der Waals surface area contributed by atoms with Crippen molar-refractivity contribution < 1.29 is 5.48 Å². The maximum absolute atomic E-state index is 13.4. The molecule has 0 spiro atoms. The largest absolute Gasteiger partial charge is 0.412 e. The van der Waals surface area contributed by atoms with E-state index in [1.165, 1.54) is 11.3 Å². The molecule has 0 fully saturated rings. The molecule has 3 aromatic rings. The third-order valence-corrected chi connectivity index (χ3v) is 6.01. The van der Waals surface area contributed by atoms with E-state index in [-0.39, 0.29) is 23.6 Å². The summed E-state index contributed by atoms with van der Waals surface area (Å²) in [5, 5.41) is 4.79. The lowest BCUT2D eigenvalue weighted by Crippen LogP contribution is -2.26.